The number of hydrogen-bond acceptors (Lipinski definition) is 5. The van der Waals surface area contributed by atoms with Gasteiger partial charge in [0.15, 0.2) is 0 Å². The molecule has 8 heteroatoms. The van der Waals surface area contributed by atoms with Crippen LogP contribution in [0.3, 0.4) is 0 Å². The summed E-state index contributed by atoms with van der Waals surface area (Å²) in [6.07, 6.45) is 4.59. The Kier molecular flexibility index (Phi) is 3.97. The van der Waals surface area contributed by atoms with Crippen LogP contribution in [0.4, 0.5) is 0 Å². The van der Waals surface area contributed by atoms with E-state index in [-0.39, 0.29) is 11.7 Å². The quantitative estimate of drug-likeness (QED) is 0.658. The molecule has 1 rings (SSSR count). The lowest BCUT2D eigenvalue weighted by Crippen LogP contribution is -2.31. The van der Waals surface area contributed by atoms with Crippen molar-refractivity contribution in [1.82, 2.24) is 4.31 Å². The molecule has 1 unspecified atom stereocenters. The van der Waals surface area contributed by atoms with E-state index in [1.165, 1.54) is 10.5 Å². The molecular formula is C8H15NO5S2. The van der Waals surface area contributed by atoms with Crippen molar-refractivity contribution in [2.45, 2.75) is 6.42 Å². The maximum Gasteiger partial charge on any atom is 0.267 e. The monoisotopic (exact) mass is 269 g/mol. The van der Waals surface area contributed by atoms with Crippen LogP contribution in [0.15, 0.2) is 12.3 Å². The molecular weight excluding hydrogens is 254 g/mol. The van der Waals surface area contributed by atoms with Crippen molar-refractivity contribution in [1.29, 1.82) is 0 Å². The van der Waals surface area contributed by atoms with Crippen LogP contribution in [0.5, 0.6) is 0 Å². The second kappa shape index (κ2) is 4.72. The zero-order valence-electron chi connectivity index (χ0n) is 9.16. The largest absolute Gasteiger partial charge is 0.278 e. The molecule has 0 spiro atoms. The van der Waals surface area contributed by atoms with Gasteiger partial charge in [0.05, 0.1) is 19.1 Å². The number of sulfonamides is 1. The summed E-state index contributed by atoms with van der Waals surface area (Å²) in [5, 5.41) is 0. The van der Waals surface area contributed by atoms with Crippen molar-refractivity contribution in [3.8, 4) is 0 Å². The van der Waals surface area contributed by atoms with Gasteiger partial charge in [-0.2, -0.15) is 8.42 Å². The molecule has 0 radical (unpaired) electrons. The Bertz CT molecular complexity index is 465. The molecule has 0 bridgehead atoms. The summed E-state index contributed by atoms with van der Waals surface area (Å²) in [7, 11) is -5.61. The molecule has 6 nitrogen and oxygen atoms in total. The summed E-state index contributed by atoms with van der Waals surface area (Å²) >= 11 is 0. The average Bonchev–Trinajstić information content (AvgIpc) is 2.16. The van der Waals surface area contributed by atoms with Crippen LogP contribution in [0.1, 0.15) is 6.42 Å². The Hall–Kier alpha value is -0.600. The van der Waals surface area contributed by atoms with Crippen molar-refractivity contribution in [2.24, 2.45) is 5.92 Å². The van der Waals surface area contributed by atoms with Gasteiger partial charge in [0.2, 0.25) is 10.0 Å². The van der Waals surface area contributed by atoms with Gasteiger partial charge in [-0.3, -0.25) is 8.49 Å². The van der Waals surface area contributed by atoms with E-state index in [1.807, 2.05) is 0 Å². The Morgan fingerprint density at radius 3 is 2.38 bits per heavy atom. The van der Waals surface area contributed by atoms with Gasteiger partial charge < -0.3 is 0 Å². The maximum absolute atomic E-state index is 11.2. The van der Waals surface area contributed by atoms with Crippen molar-refractivity contribution >= 4 is 20.1 Å². The summed E-state index contributed by atoms with van der Waals surface area (Å²) in [6.45, 7) is 0.305. The molecule has 0 amide bonds. The second-order valence-corrected chi connectivity index (χ2v) is 7.37. The molecule has 0 aliphatic carbocycles. The minimum atomic E-state index is -3.49. The first-order valence-corrected chi connectivity index (χ1v) is 8.10. The molecule has 0 saturated heterocycles. The standard InChI is InChI=1S/C8H15NO5S2/c1-14-16(12,13)7-8-3-5-9(6-4-8)15(2,10)11/h3,5,8H,4,6-7H2,1-2H3. The summed E-state index contributed by atoms with van der Waals surface area (Å²) in [6, 6.07) is 0. The zero-order chi connectivity index (χ0) is 12.4. The highest BCUT2D eigenvalue weighted by atomic mass is 32.2. The lowest BCUT2D eigenvalue weighted by Gasteiger charge is -2.25. The van der Waals surface area contributed by atoms with E-state index in [9.17, 15) is 16.8 Å². The van der Waals surface area contributed by atoms with Gasteiger partial charge in [0.1, 0.15) is 0 Å². The van der Waals surface area contributed by atoms with E-state index in [4.69, 9.17) is 0 Å². The maximum atomic E-state index is 11.2. The van der Waals surface area contributed by atoms with E-state index in [1.54, 1.807) is 6.08 Å². The smallest absolute Gasteiger partial charge is 0.267 e. The van der Waals surface area contributed by atoms with Gasteiger partial charge in [0, 0.05) is 12.7 Å². The first-order valence-electron chi connectivity index (χ1n) is 4.68. The Morgan fingerprint density at radius 1 is 1.38 bits per heavy atom. The first kappa shape index (κ1) is 13.5. The summed E-state index contributed by atoms with van der Waals surface area (Å²) in [5.74, 6) is -0.305. The van der Waals surface area contributed by atoms with Crippen LogP contribution < -0.4 is 0 Å². The molecule has 1 aliphatic heterocycles. The van der Waals surface area contributed by atoms with Gasteiger partial charge >= 0.3 is 0 Å². The molecule has 0 N–H and O–H groups in total. The van der Waals surface area contributed by atoms with E-state index >= 15 is 0 Å². The molecule has 0 fully saturated rings. The van der Waals surface area contributed by atoms with Crippen molar-refractivity contribution < 1.29 is 21.0 Å². The van der Waals surface area contributed by atoms with Crippen LogP contribution >= 0.6 is 0 Å². The van der Waals surface area contributed by atoms with Gasteiger partial charge in [-0.15, -0.1) is 0 Å². The predicted molar refractivity (Wildman–Crippen MR) is 59.6 cm³/mol. The molecule has 1 heterocycles. The molecule has 1 atom stereocenters. The van der Waals surface area contributed by atoms with Crippen molar-refractivity contribution in [3.63, 3.8) is 0 Å². The number of allylic oxidation sites excluding steroid dienone is 1. The summed E-state index contributed by atoms with van der Waals surface area (Å²) < 4.78 is 50.2. The second-order valence-electron chi connectivity index (χ2n) is 3.65. The SMILES string of the molecule is COS(=O)(=O)CC1C=CN(S(C)(=O)=O)CC1. The van der Waals surface area contributed by atoms with Gasteiger partial charge in [-0.1, -0.05) is 6.08 Å². The van der Waals surface area contributed by atoms with Crippen LogP contribution in [-0.4, -0.2) is 46.8 Å². The van der Waals surface area contributed by atoms with Gasteiger partial charge in [0.25, 0.3) is 10.1 Å². The molecule has 0 saturated carbocycles. The lowest BCUT2D eigenvalue weighted by atomic mass is 10.1. The third-order valence-corrected chi connectivity index (χ3v) is 4.84. The lowest BCUT2D eigenvalue weighted by molar-refractivity contribution is 0.385. The predicted octanol–water partition coefficient (Wildman–Crippen LogP) is -0.242. The average molecular weight is 269 g/mol. The summed E-state index contributed by atoms with van der Waals surface area (Å²) in [5.41, 5.74) is 0. The Balaban J connectivity index is 2.67. The normalized spacial score (nSPS) is 22.4. The number of hydrogen-bond donors (Lipinski definition) is 0. The third-order valence-electron chi connectivity index (χ3n) is 2.34. The molecule has 94 valence electrons. The molecule has 0 aromatic rings. The molecule has 0 aromatic heterocycles. The van der Waals surface area contributed by atoms with Gasteiger partial charge in [-0.25, -0.2) is 8.42 Å². The van der Waals surface area contributed by atoms with E-state index < -0.39 is 20.1 Å². The highest BCUT2D eigenvalue weighted by Gasteiger charge is 2.23. The van der Waals surface area contributed by atoms with Crippen molar-refractivity contribution in [3.05, 3.63) is 12.3 Å². The van der Waals surface area contributed by atoms with Crippen molar-refractivity contribution in [2.75, 3.05) is 25.7 Å². The third kappa shape index (κ3) is 3.76. The van der Waals surface area contributed by atoms with Gasteiger partial charge in [-0.05, 0) is 12.3 Å². The first-order chi connectivity index (χ1) is 7.24. The fraction of sp³-hybridized carbons (Fsp3) is 0.750. The minimum absolute atomic E-state index is 0.113. The Labute approximate surface area is 96.1 Å². The minimum Gasteiger partial charge on any atom is -0.278 e. The fourth-order valence-electron chi connectivity index (χ4n) is 1.43. The number of rotatable bonds is 4. The van der Waals surface area contributed by atoms with E-state index in [0.29, 0.717) is 13.0 Å². The summed E-state index contributed by atoms with van der Waals surface area (Å²) in [4.78, 5) is 0. The molecule has 16 heavy (non-hydrogen) atoms. The zero-order valence-corrected chi connectivity index (χ0v) is 10.8. The highest BCUT2D eigenvalue weighted by Crippen LogP contribution is 2.18. The fourth-order valence-corrected chi connectivity index (χ4v) is 3.09. The topological polar surface area (TPSA) is 80.8 Å². The van der Waals surface area contributed by atoms with Crippen LogP contribution in [0.25, 0.3) is 0 Å². The van der Waals surface area contributed by atoms with E-state index in [0.717, 1.165) is 13.4 Å². The van der Waals surface area contributed by atoms with E-state index in [2.05, 4.69) is 4.18 Å². The van der Waals surface area contributed by atoms with Crippen LogP contribution in [0.2, 0.25) is 0 Å². The molecule has 0 aromatic carbocycles. The highest BCUT2D eigenvalue weighted by molar-refractivity contribution is 7.88. The van der Waals surface area contributed by atoms with Crippen LogP contribution in [-0.2, 0) is 24.3 Å². The number of nitrogens with zero attached hydrogens (tertiary/aromatic N) is 1. The molecule has 1 aliphatic rings. The van der Waals surface area contributed by atoms with Crippen LogP contribution in [0, 0.1) is 5.92 Å². The Morgan fingerprint density at radius 2 is 2.00 bits per heavy atom.